The zero-order valence-electron chi connectivity index (χ0n) is 73.9. The van der Waals surface area contributed by atoms with Crippen molar-refractivity contribution in [2.45, 2.75) is 202 Å². The van der Waals surface area contributed by atoms with E-state index in [9.17, 15) is 64.7 Å². The molecule has 4 atom stereocenters. The number of fused-ring (bicyclic) bond motifs is 4. The molecule has 0 unspecified atom stereocenters. The average Bonchev–Trinajstić information content (AvgIpc) is 0.788. The number of carbonyl (C=O) groups excluding carboxylic acids is 8. The molecule has 8 aromatic rings. The van der Waals surface area contributed by atoms with Gasteiger partial charge in [0.2, 0.25) is 0 Å². The van der Waals surface area contributed by atoms with Gasteiger partial charge < -0.3 is 61.6 Å². The SMILES string of the molecule is COC(=O)[C@H]1c2ccc(OCc3c(F)cccc3F)cc2CCN1C(=O)OC(C)(C)C.COC(=O)[C@H]1c2ccc(OCc3ccc(C)cc3)cc2CCN1C(=O)OC(C)(C)C.COC(=O)[C@H]1c2ccc(OCc3ccc(F)c(C)c3)cc2CCN1C(=O)OC(C)(C)C.COC(=O)[C@H]1c2ccc(OCc3ccccc3OC(F)(F)F)cc2CCN1C(=O)OC(C)(C)C. The highest BCUT2D eigenvalue weighted by Gasteiger charge is 2.44. The molecule has 31 heteroatoms. The van der Waals surface area contributed by atoms with Crippen molar-refractivity contribution in [3.05, 3.63) is 253 Å². The highest BCUT2D eigenvalue weighted by molar-refractivity contribution is 5.87. The molecular weight excluding hydrogens is 1650 g/mol. The van der Waals surface area contributed by atoms with Crippen LogP contribution in [0.1, 0.15) is 185 Å². The Labute approximate surface area is 729 Å². The molecule has 25 nitrogen and oxygen atoms in total. The number of rotatable bonds is 17. The second-order valence-corrected chi connectivity index (χ2v) is 33.9. The summed E-state index contributed by atoms with van der Waals surface area (Å²) in [6.45, 7) is 26.4. The summed E-state index contributed by atoms with van der Waals surface area (Å²) in [5.41, 5.74) is 7.00. The molecule has 8 aromatic carbocycles. The van der Waals surface area contributed by atoms with Crippen LogP contribution < -0.4 is 23.7 Å². The molecule has 4 aliphatic heterocycles. The van der Waals surface area contributed by atoms with Crippen LogP contribution in [0.15, 0.2) is 158 Å². The van der Waals surface area contributed by atoms with E-state index in [1.807, 2.05) is 43.3 Å². The smallest absolute Gasteiger partial charge is 0.489 e. The van der Waals surface area contributed by atoms with E-state index >= 15 is 0 Å². The third-order valence-corrected chi connectivity index (χ3v) is 19.8. The summed E-state index contributed by atoms with van der Waals surface area (Å²) < 4.78 is 148. The quantitative estimate of drug-likeness (QED) is 0.0465. The number of para-hydroxylation sites is 1. The Morgan fingerprint density at radius 3 is 0.976 bits per heavy atom. The molecule has 0 bridgehead atoms. The number of carbonyl (C=O) groups is 8. The van der Waals surface area contributed by atoms with Crippen LogP contribution in [0.5, 0.6) is 28.7 Å². The lowest BCUT2D eigenvalue weighted by molar-refractivity contribution is -0.275. The molecule has 4 amide bonds. The Bertz CT molecular complexity index is 5190. The van der Waals surface area contributed by atoms with Crippen LogP contribution in [0.3, 0.4) is 0 Å². The van der Waals surface area contributed by atoms with Crippen molar-refractivity contribution in [3.8, 4) is 28.7 Å². The number of hydrogen-bond donors (Lipinski definition) is 0. The number of ether oxygens (including phenoxy) is 13. The number of alkyl halides is 3. The summed E-state index contributed by atoms with van der Waals surface area (Å²) in [4.78, 5) is 106. The fourth-order valence-corrected chi connectivity index (χ4v) is 14.0. The molecule has 676 valence electrons. The maximum absolute atomic E-state index is 13.8. The maximum Gasteiger partial charge on any atom is 0.573 e. The van der Waals surface area contributed by atoms with E-state index in [4.69, 9.17) is 56.8 Å². The lowest BCUT2D eigenvalue weighted by atomic mass is 9.92. The zero-order chi connectivity index (χ0) is 92.5. The number of methoxy groups -OCH3 is 4. The second-order valence-electron chi connectivity index (χ2n) is 33.9. The number of benzene rings is 8. The van der Waals surface area contributed by atoms with Gasteiger partial charge in [-0.05, 0) is 263 Å². The predicted molar refractivity (Wildman–Crippen MR) is 450 cm³/mol. The van der Waals surface area contributed by atoms with Gasteiger partial charge in [-0.25, -0.2) is 51.5 Å². The molecule has 4 aliphatic rings. The highest BCUT2D eigenvalue weighted by Crippen LogP contribution is 2.41. The monoisotopic (exact) mass is 1750 g/mol. The van der Waals surface area contributed by atoms with Crippen LogP contribution in [0, 0.1) is 31.3 Å². The molecule has 0 aliphatic carbocycles. The molecule has 4 heterocycles. The first-order valence-electron chi connectivity index (χ1n) is 40.6. The average molecular weight is 1760 g/mol. The number of halogens is 6. The van der Waals surface area contributed by atoms with Crippen molar-refractivity contribution in [1.29, 1.82) is 0 Å². The molecule has 0 N–H and O–H groups in total. The summed E-state index contributed by atoms with van der Waals surface area (Å²) in [6.07, 6.45) is -5.10. The molecular formula is C95H108F6N4O21. The Morgan fingerprint density at radius 1 is 0.349 bits per heavy atom. The predicted octanol–water partition coefficient (Wildman–Crippen LogP) is 19.0. The zero-order valence-corrected chi connectivity index (χ0v) is 73.9. The van der Waals surface area contributed by atoms with Gasteiger partial charge in [0.05, 0.1) is 34.0 Å². The largest absolute Gasteiger partial charge is 0.573 e. The van der Waals surface area contributed by atoms with Crippen molar-refractivity contribution in [2.75, 3.05) is 54.6 Å². The molecule has 0 radical (unpaired) electrons. The summed E-state index contributed by atoms with van der Waals surface area (Å²) in [6, 6.07) is 39.6. The van der Waals surface area contributed by atoms with Gasteiger partial charge in [-0.15, -0.1) is 13.2 Å². The van der Waals surface area contributed by atoms with E-state index in [0.29, 0.717) is 91.5 Å². The van der Waals surface area contributed by atoms with E-state index in [0.717, 1.165) is 44.7 Å². The lowest BCUT2D eigenvalue weighted by Gasteiger charge is -2.36. The van der Waals surface area contributed by atoms with Gasteiger partial charge in [0.1, 0.15) is 95.0 Å². The lowest BCUT2D eigenvalue weighted by Crippen LogP contribution is -2.46. The number of esters is 4. The van der Waals surface area contributed by atoms with Gasteiger partial charge in [-0.2, -0.15) is 0 Å². The number of amides is 4. The maximum atomic E-state index is 13.8. The third kappa shape index (κ3) is 26.9. The third-order valence-electron chi connectivity index (χ3n) is 19.8. The van der Waals surface area contributed by atoms with Crippen LogP contribution in [-0.2, 0) is 109 Å². The van der Waals surface area contributed by atoms with E-state index in [1.54, 1.807) is 157 Å². The van der Waals surface area contributed by atoms with Crippen molar-refractivity contribution >= 4 is 48.3 Å². The first kappa shape index (κ1) is 97.1. The van der Waals surface area contributed by atoms with Crippen LogP contribution in [0.2, 0.25) is 0 Å². The molecule has 12 rings (SSSR count). The van der Waals surface area contributed by atoms with Crippen molar-refractivity contribution in [2.24, 2.45) is 0 Å². The summed E-state index contributed by atoms with van der Waals surface area (Å²) in [5, 5.41) is 0. The normalized spacial score (nSPS) is 15.8. The van der Waals surface area contributed by atoms with Crippen LogP contribution in [-0.4, -0.2) is 151 Å². The Morgan fingerprint density at radius 2 is 0.659 bits per heavy atom. The van der Waals surface area contributed by atoms with E-state index in [2.05, 4.69) is 16.9 Å². The van der Waals surface area contributed by atoms with Gasteiger partial charge in [0.15, 0.2) is 24.2 Å². The van der Waals surface area contributed by atoms with E-state index in [1.165, 1.54) is 96.1 Å². The summed E-state index contributed by atoms with van der Waals surface area (Å²) in [5.74, 6) is -2.02. The fourth-order valence-electron chi connectivity index (χ4n) is 14.0. The Hall–Kier alpha value is -12.7. The Balaban J connectivity index is 0.000000190. The number of aryl methyl sites for hydroxylation is 2. The molecule has 0 saturated heterocycles. The summed E-state index contributed by atoms with van der Waals surface area (Å²) >= 11 is 0. The van der Waals surface area contributed by atoms with Crippen LogP contribution >= 0.6 is 0 Å². The van der Waals surface area contributed by atoms with Gasteiger partial charge in [0, 0.05) is 31.7 Å². The van der Waals surface area contributed by atoms with Crippen LogP contribution in [0.25, 0.3) is 0 Å². The molecule has 0 fully saturated rings. The molecule has 0 spiro atoms. The first-order chi connectivity index (χ1) is 59.2. The van der Waals surface area contributed by atoms with Crippen molar-refractivity contribution in [1.82, 2.24) is 19.6 Å². The van der Waals surface area contributed by atoms with Gasteiger partial charge in [0.25, 0.3) is 0 Å². The molecule has 0 aromatic heterocycles. The fraction of sp³-hybridized carbons (Fsp3) is 0.411. The molecule has 126 heavy (non-hydrogen) atoms. The van der Waals surface area contributed by atoms with Gasteiger partial charge in [-0.1, -0.05) is 84.4 Å². The highest BCUT2D eigenvalue weighted by atomic mass is 19.4. The second kappa shape index (κ2) is 41.9. The number of hydrogen-bond acceptors (Lipinski definition) is 21. The van der Waals surface area contributed by atoms with E-state index < -0.39 is 113 Å². The minimum absolute atomic E-state index is 0.157. The van der Waals surface area contributed by atoms with Crippen LogP contribution in [0.4, 0.5) is 45.5 Å². The van der Waals surface area contributed by atoms with Gasteiger partial charge >= 0.3 is 54.6 Å². The first-order valence-corrected chi connectivity index (χ1v) is 40.6. The minimum Gasteiger partial charge on any atom is -0.489 e. The Kier molecular flexibility index (Phi) is 32.3. The minimum atomic E-state index is -4.81. The van der Waals surface area contributed by atoms with Crippen molar-refractivity contribution in [3.63, 3.8) is 0 Å². The molecule has 0 saturated carbocycles. The number of nitrogens with zero attached hydrogens (tertiary/aromatic N) is 4. The van der Waals surface area contributed by atoms with Crippen molar-refractivity contribution < 1.29 is 126 Å². The van der Waals surface area contributed by atoms with Gasteiger partial charge in [-0.3, -0.25) is 19.6 Å². The topological polar surface area (TPSA) is 270 Å². The standard InChI is InChI=1S/C24H26F3NO6.C24H28FNO5.C24H29NO5.C23H25F2NO5/c1-23(2,3)34-22(30)28-12-11-15-13-17(9-10-18(15)20(28)21(29)31-4)32-14-16-7-5-6-8-19(16)33-24(25,26)27;1-15-12-16(6-9-20(15)25)14-30-18-7-8-19-17(13-18)10-11-26(21(19)22(27)29-5)23(28)31-24(2,3)4;1-16-6-8-17(9-7-16)15-29-19-10-11-20-18(14-19)12-13-25(21(20)22(26)28-5)23(27)30-24(2,3)4;1-23(2,3)31-22(28)26-11-10-14-12-15(8-9-16(14)20(26)21(27)29-4)30-13-17-18(24)6-5-7-19(17)25/h5-10,13,20H,11-12,14H2,1-4H3;6-9,12-13,21H,10-11,14H2,1-5H3;6-11,14,21H,12-13,15H2,1-5H3;5-9,12,20H,10-11,13H2,1-4H3/t20-;2*21-;20-/m1111/s1. The summed E-state index contributed by atoms with van der Waals surface area (Å²) in [7, 11) is 5.11. The van der Waals surface area contributed by atoms with E-state index in [-0.39, 0.29) is 49.0 Å².